The largest absolute Gasteiger partial charge is 0.433 e. The van der Waals surface area contributed by atoms with E-state index in [1.807, 2.05) is 0 Å². The number of rotatable bonds is 3. The lowest BCUT2D eigenvalue weighted by molar-refractivity contribution is -0.140. The van der Waals surface area contributed by atoms with E-state index in [2.05, 4.69) is 16.8 Å². The van der Waals surface area contributed by atoms with E-state index in [-0.39, 0.29) is 16.5 Å². The lowest BCUT2D eigenvalue weighted by Crippen LogP contribution is -2.36. The van der Waals surface area contributed by atoms with Crippen molar-refractivity contribution in [3.63, 3.8) is 0 Å². The first kappa shape index (κ1) is 17.0. The Bertz CT molecular complexity index is 777. The van der Waals surface area contributed by atoms with Crippen LogP contribution in [-0.2, 0) is 12.7 Å². The van der Waals surface area contributed by atoms with Crippen LogP contribution in [0.3, 0.4) is 0 Å². The third-order valence-electron chi connectivity index (χ3n) is 4.73. The minimum absolute atomic E-state index is 0.0897. The highest BCUT2D eigenvalue weighted by Gasteiger charge is 2.32. The number of pyridine rings is 2. The van der Waals surface area contributed by atoms with Crippen LogP contribution in [0.25, 0.3) is 10.9 Å². The number of halogens is 3. The normalized spacial score (nSPS) is 17.5. The highest BCUT2D eigenvalue weighted by Crippen LogP contribution is 2.28. The van der Waals surface area contributed by atoms with Crippen LogP contribution in [0.4, 0.5) is 13.2 Å². The van der Waals surface area contributed by atoms with Crippen molar-refractivity contribution in [1.29, 1.82) is 0 Å². The van der Waals surface area contributed by atoms with Gasteiger partial charge in [-0.2, -0.15) is 13.2 Å². The summed E-state index contributed by atoms with van der Waals surface area (Å²) in [5.74, 6) is 0.422. The average molecular weight is 339 g/mol. The summed E-state index contributed by atoms with van der Waals surface area (Å²) in [7, 11) is 0. The van der Waals surface area contributed by atoms with Crippen molar-refractivity contribution in [2.24, 2.45) is 5.92 Å². The van der Waals surface area contributed by atoms with Crippen LogP contribution in [0.5, 0.6) is 0 Å². The molecule has 0 radical (unpaired) electrons. The zero-order valence-corrected chi connectivity index (χ0v) is 13.5. The Balaban J connectivity index is 1.83. The maximum atomic E-state index is 12.7. The maximum absolute atomic E-state index is 12.7. The van der Waals surface area contributed by atoms with Crippen LogP contribution in [0, 0.1) is 5.92 Å². The van der Waals surface area contributed by atoms with Crippen LogP contribution in [-0.4, -0.2) is 34.1 Å². The Hall–Kier alpha value is -1.89. The Morgan fingerprint density at radius 2 is 1.92 bits per heavy atom. The molecule has 1 fully saturated rings. The summed E-state index contributed by atoms with van der Waals surface area (Å²) < 4.78 is 39.7. The van der Waals surface area contributed by atoms with Crippen LogP contribution in [0.1, 0.15) is 25.5 Å². The molecule has 2 aromatic heterocycles. The zero-order valence-electron chi connectivity index (χ0n) is 13.5. The van der Waals surface area contributed by atoms with Gasteiger partial charge in [0.2, 0.25) is 0 Å². The summed E-state index contributed by atoms with van der Waals surface area (Å²) in [6, 6.07) is 3.59. The van der Waals surface area contributed by atoms with E-state index >= 15 is 0 Å². The second kappa shape index (κ2) is 6.55. The van der Waals surface area contributed by atoms with Crippen molar-refractivity contribution in [2.75, 3.05) is 19.6 Å². The first-order valence-corrected chi connectivity index (χ1v) is 8.18. The van der Waals surface area contributed by atoms with Crippen LogP contribution >= 0.6 is 0 Å². The number of piperidine rings is 1. The van der Waals surface area contributed by atoms with Gasteiger partial charge in [-0.25, -0.2) is 4.98 Å². The summed E-state index contributed by atoms with van der Waals surface area (Å²) in [6.07, 6.45) is -0.881. The number of alkyl halides is 3. The van der Waals surface area contributed by atoms with Crippen LogP contribution in [0.15, 0.2) is 29.2 Å². The van der Waals surface area contributed by atoms with Crippen LogP contribution in [0.2, 0.25) is 0 Å². The molecule has 4 nitrogen and oxygen atoms in total. The molecule has 3 rings (SSSR count). The Labute approximate surface area is 137 Å². The molecule has 0 aliphatic carbocycles. The van der Waals surface area contributed by atoms with E-state index in [0.29, 0.717) is 12.5 Å². The molecular weight excluding hydrogens is 319 g/mol. The highest BCUT2D eigenvalue weighted by atomic mass is 19.4. The number of nitrogens with zero attached hydrogens (tertiary/aromatic N) is 3. The van der Waals surface area contributed by atoms with Gasteiger partial charge in [-0.15, -0.1) is 0 Å². The third kappa shape index (κ3) is 3.45. The lowest BCUT2D eigenvalue weighted by atomic mass is 9.96. The molecule has 0 amide bonds. The van der Waals surface area contributed by atoms with Crippen molar-refractivity contribution in [1.82, 2.24) is 14.5 Å². The molecule has 0 bridgehead atoms. The summed E-state index contributed by atoms with van der Waals surface area (Å²) in [4.78, 5) is 18.5. The van der Waals surface area contributed by atoms with Gasteiger partial charge in [0.25, 0.3) is 5.56 Å². The summed E-state index contributed by atoms with van der Waals surface area (Å²) >= 11 is 0. The molecule has 1 aliphatic rings. The van der Waals surface area contributed by atoms with Gasteiger partial charge in [0, 0.05) is 12.7 Å². The molecule has 2 aromatic rings. The van der Waals surface area contributed by atoms with Crippen molar-refractivity contribution < 1.29 is 13.2 Å². The Kier molecular flexibility index (Phi) is 4.62. The molecule has 0 aromatic carbocycles. The standard InChI is InChI=1S/C17H20F3N3O/c1-2-22-8-5-12(6-9-22)11-23-10-7-14-13(16(23)24)3-4-15(21-14)17(18,19)20/h3-4,7,10,12H,2,5-6,8-9,11H2,1H3. The van der Waals surface area contributed by atoms with Gasteiger partial charge in [-0.05, 0) is 56.6 Å². The van der Waals surface area contributed by atoms with Gasteiger partial charge in [-0.1, -0.05) is 6.92 Å². The molecule has 3 heterocycles. The van der Waals surface area contributed by atoms with E-state index in [9.17, 15) is 18.0 Å². The fraction of sp³-hybridized carbons (Fsp3) is 0.529. The van der Waals surface area contributed by atoms with Crippen molar-refractivity contribution in [2.45, 2.75) is 32.5 Å². The number of fused-ring (bicyclic) bond motifs is 1. The van der Waals surface area contributed by atoms with E-state index < -0.39 is 11.9 Å². The predicted octanol–water partition coefficient (Wildman–Crippen LogP) is 3.15. The molecule has 0 saturated carbocycles. The molecule has 1 aliphatic heterocycles. The van der Waals surface area contributed by atoms with Gasteiger partial charge in [0.1, 0.15) is 5.69 Å². The molecule has 1 saturated heterocycles. The van der Waals surface area contributed by atoms with E-state index in [1.54, 1.807) is 10.8 Å². The van der Waals surface area contributed by atoms with Gasteiger partial charge < -0.3 is 9.47 Å². The van der Waals surface area contributed by atoms with Crippen molar-refractivity contribution in [3.05, 3.63) is 40.4 Å². The number of likely N-dealkylation sites (tertiary alicyclic amines) is 1. The maximum Gasteiger partial charge on any atom is 0.433 e. The van der Waals surface area contributed by atoms with Gasteiger partial charge in [0.15, 0.2) is 0 Å². The van der Waals surface area contributed by atoms with Gasteiger partial charge >= 0.3 is 6.18 Å². The van der Waals surface area contributed by atoms with Crippen molar-refractivity contribution in [3.8, 4) is 0 Å². The number of hydrogen-bond donors (Lipinski definition) is 0. The minimum atomic E-state index is -4.50. The molecule has 0 unspecified atom stereocenters. The molecule has 7 heteroatoms. The molecule has 24 heavy (non-hydrogen) atoms. The molecule has 0 spiro atoms. The van der Waals surface area contributed by atoms with Crippen LogP contribution < -0.4 is 5.56 Å². The van der Waals surface area contributed by atoms with E-state index in [4.69, 9.17) is 0 Å². The smallest absolute Gasteiger partial charge is 0.315 e. The number of aromatic nitrogens is 2. The molecular formula is C17H20F3N3O. The highest BCUT2D eigenvalue weighted by molar-refractivity contribution is 5.77. The van der Waals surface area contributed by atoms with E-state index in [1.165, 1.54) is 12.1 Å². The fourth-order valence-electron chi connectivity index (χ4n) is 3.23. The summed E-state index contributed by atoms with van der Waals surface area (Å²) in [6.45, 7) is 5.83. The Morgan fingerprint density at radius 3 is 2.54 bits per heavy atom. The SMILES string of the molecule is CCN1CCC(Cn2ccc3nc(C(F)(F)F)ccc3c2=O)CC1. The first-order chi connectivity index (χ1) is 11.4. The van der Waals surface area contributed by atoms with Crippen molar-refractivity contribution >= 4 is 10.9 Å². The third-order valence-corrected chi connectivity index (χ3v) is 4.73. The summed E-state index contributed by atoms with van der Waals surface area (Å²) in [5, 5.41) is 0.233. The molecule has 0 N–H and O–H groups in total. The van der Waals surface area contributed by atoms with Gasteiger partial charge in [0.05, 0.1) is 10.9 Å². The number of hydrogen-bond acceptors (Lipinski definition) is 3. The topological polar surface area (TPSA) is 38.1 Å². The monoisotopic (exact) mass is 339 g/mol. The fourth-order valence-corrected chi connectivity index (χ4v) is 3.23. The van der Waals surface area contributed by atoms with E-state index in [0.717, 1.165) is 38.5 Å². The molecule has 0 atom stereocenters. The second-order valence-corrected chi connectivity index (χ2v) is 6.28. The zero-order chi connectivity index (χ0) is 17.3. The second-order valence-electron chi connectivity index (χ2n) is 6.28. The first-order valence-electron chi connectivity index (χ1n) is 8.18. The lowest BCUT2D eigenvalue weighted by Gasteiger charge is -2.31. The predicted molar refractivity (Wildman–Crippen MR) is 85.8 cm³/mol. The summed E-state index contributed by atoms with van der Waals surface area (Å²) in [5.41, 5.74) is -1.15. The van der Waals surface area contributed by atoms with Gasteiger partial charge in [-0.3, -0.25) is 4.79 Å². The average Bonchev–Trinajstić information content (AvgIpc) is 2.57. The minimum Gasteiger partial charge on any atom is -0.315 e. The molecule has 130 valence electrons. The quantitative estimate of drug-likeness (QED) is 0.862. The Morgan fingerprint density at radius 1 is 1.21 bits per heavy atom.